The van der Waals surface area contributed by atoms with Gasteiger partial charge in [-0.05, 0) is 19.1 Å². The highest BCUT2D eigenvalue weighted by Gasteiger charge is 2.18. The van der Waals surface area contributed by atoms with Crippen molar-refractivity contribution >= 4 is 23.1 Å². The van der Waals surface area contributed by atoms with Gasteiger partial charge in [-0.2, -0.15) is 4.39 Å². The first kappa shape index (κ1) is 17.6. The average molecular weight is 366 g/mol. The second-order valence-electron chi connectivity index (χ2n) is 5.32. The molecule has 3 rings (SSSR count). The van der Waals surface area contributed by atoms with Crippen molar-refractivity contribution in [1.29, 1.82) is 0 Å². The first-order valence-electron chi connectivity index (χ1n) is 7.39. The van der Waals surface area contributed by atoms with Gasteiger partial charge < -0.3 is 15.7 Å². The van der Waals surface area contributed by atoms with E-state index in [0.29, 0.717) is 0 Å². The van der Waals surface area contributed by atoms with Gasteiger partial charge in [0, 0.05) is 18.0 Å². The minimum Gasteiger partial charge on any atom is -0.387 e. The van der Waals surface area contributed by atoms with E-state index in [4.69, 9.17) is 0 Å². The molecule has 2 amide bonds. The standard InChI is InChI=1S/C15H13F3N6O2/c1-7(25)13-10(6-20-12-5-11(16)23-24(12)13)22-15(26)21-8-2-3-19-9(4-8)14(17)18/h2-7,14,25H,1H3,(H2,19,21,22,26). The van der Waals surface area contributed by atoms with Crippen molar-refractivity contribution in [2.75, 3.05) is 10.6 Å². The number of hydrogen-bond donors (Lipinski definition) is 3. The summed E-state index contributed by atoms with van der Waals surface area (Å²) in [7, 11) is 0. The molecule has 8 nitrogen and oxygen atoms in total. The van der Waals surface area contributed by atoms with E-state index in [2.05, 4.69) is 25.7 Å². The Morgan fingerprint density at radius 3 is 2.73 bits per heavy atom. The Kier molecular flexibility index (Phi) is 4.71. The smallest absolute Gasteiger partial charge is 0.323 e. The molecule has 136 valence electrons. The normalized spacial score (nSPS) is 12.4. The summed E-state index contributed by atoms with van der Waals surface area (Å²) in [6, 6.07) is 2.67. The topological polar surface area (TPSA) is 104 Å². The summed E-state index contributed by atoms with van der Waals surface area (Å²) in [5.74, 6) is -0.794. The third-order valence-corrected chi connectivity index (χ3v) is 3.40. The maximum absolute atomic E-state index is 13.3. The molecule has 0 aromatic carbocycles. The van der Waals surface area contributed by atoms with Crippen molar-refractivity contribution in [3.8, 4) is 0 Å². The Balaban J connectivity index is 1.85. The summed E-state index contributed by atoms with van der Waals surface area (Å²) in [5.41, 5.74) is -0.0403. The number of aliphatic hydroxyl groups is 1. The molecule has 0 saturated carbocycles. The first-order chi connectivity index (χ1) is 12.3. The van der Waals surface area contributed by atoms with Crippen molar-refractivity contribution in [2.24, 2.45) is 0 Å². The second kappa shape index (κ2) is 6.96. The lowest BCUT2D eigenvalue weighted by atomic mass is 10.2. The number of nitrogens with zero attached hydrogens (tertiary/aromatic N) is 4. The van der Waals surface area contributed by atoms with Crippen molar-refractivity contribution in [1.82, 2.24) is 19.6 Å². The number of aromatic nitrogens is 4. The summed E-state index contributed by atoms with van der Waals surface area (Å²) in [6.45, 7) is 1.41. The minimum atomic E-state index is -2.78. The lowest BCUT2D eigenvalue weighted by Gasteiger charge is -2.14. The van der Waals surface area contributed by atoms with Crippen LogP contribution in [-0.4, -0.2) is 30.7 Å². The zero-order valence-electron chi connectivity index (χ0n) is 13.3. The average Bonchev–Trinajstić information content (AvgIpc) is 2.94. The zero-order valence-corrected chi connectivity index (χ0v) is 13.3. The van der Waals surface area contributed by atoms with Gasteiger partial charge in [0.2, 0.25) is 5.95 Å². The molecule has 1 atom stereocenters. The van der Waals surface area contributed by atoms with Crippen molar-refractivity contribution in [2.45, 2.75) is 19.5 Å². The molecule has 0 saturated heterocycles. The van der Waals surface area contributed by atoms with Gasteiger partial charge in [0.15, 0.2) is 5.65 Å². The van der Waals surface area contributed by atoms with Crippen LogP contribution in [0.4, 0.5) is 29.3 Å². The molecule has 3 aromatic heterocycles. The Bertz CT molecular complexity index is 960. The maximum atomic E-state index is 13.3. The number of pyridine rings is 1. The molecule has 3 aromatic rings. The van der Waals surface area contributed by atoms with E-state index in [0.717, 1.165) is 22.8 Å². The number of fused-ring (bicyclic) bond motifs is 1. The van der Waals surface area contributed by atoms with Crippen LogP contribution in [-0.2, 0) is 0 Å². The molecule has 3 heterocycles. The molecule has 1 unspecified atom stereocenters. The summed E-state index contributed by atoms with van der Waals surface area (Å²) < 4.78 is 39.7. The lowest BCUT2D eigenvalue weighted by Crippen LogP contribution is -2.22. The van der Waals surface area contributed by atoms with E-state index in [9.17, 15) is 23.1 Å². The number of carbonyl (C=O) groups is 1. The van der Waals surface area contributed by atoms with Gasteiger partial charge >= 0.3 is 6.03 Å². The van der Waals surface area contributed by atoms with E-state index in [1.54, 1.807) is 0 Å². The summed E-state index contributed by atoms with van der Waals surface area (Å²) in [6.07, 6.45) is -1.50. The van der Waals surface area contributed by atoms with Crippen LogP contribution >= 0.6 is 0 Å². The van der Waals surface area contributed by atoms with E-state index in [-0.39, 0.29) is 22.7 Å². The molecule has 0 aliphatic heterocycles. The number of anilines is 2. The van der Waals surface area contributed by atoms with E-state index >= 15 is 0 Å². The third kappa shape index (κ3) is 3.57. The molecule has 3 N–H and O–H groups in total. The summed E-state index contributed by atoms with van der Waals surface area (Å²) >= 11 is 0. The third-order valence-electron chi connectivity index (χ3n) is 3.40. The van der Waals surface area contributed by atoms with Crippen LogP contribution in [0, 0.1) is 5.95 Å². The van der Waals surface area contributed by atoms with Crippen LogP contribution in [0.5, 0.6) is 0 Å². The fourth-order valence-corrected chi connectivity index (χ4v) is 2.35. The number of urea groups is 1. The van der Waals surface area contributed by atoms with Crippen molar-refractivity contribution in [3.05, 3.63) is 47.9 Å². The Labute approximate surface area is 144 Å². The SMILES string of the molecule is CC(O)c1c(NC(=O)Nc2ccnc(C(F)F)c2)cnc2cc(F)nn12. The van der Waals surface area contributed by atoms with Gasteiger partial charge in [-0.15, -0.1) is 5.10 Å². The molecular formula is C15H13F3N6O2. The number of aliphatic hydroxyl groups excluding tert-OH is 1. The highest BCUT2D eigenvalue weighted by molar-refractivity contribution is 6.00. The Morgan fingerprint density at radius 1 is 1.27 bits per heavy atom. The van der Waals surface area contributed by atoms with Gasteiger partial charge in [0.25, 0.3) is 6.43 Å². The number of carbonyl (C=O) groups excluding carboxylic acids is 1. The predicted molar refractivity (Wildman–Crippen MR) is 85.4 cm³/mol. The van der Waals surface area contributed by atoms with Crippen molar-refractivity contribution in [3.63, 3.8) is 0 Å². The van der Waals surface area contributed by atoms with Gasteiger partial charge in [0.05, 0.1) is 23.7 Å². The van der Waals surface area contributed by atoms with Crippen LogP contribution in [0.2, 0.25) is 0 Å². The van der Waals surface area contributed by atoms with Crippen LogP contribution < -0.4 is 10.6 Å². The second-order valence-corrected chi connectivity index (χ2v) is 5.32. The van der Waals surface area contributed by atoms with E-state index in [1.807, 2.05) is 0 Å². The number of amides is 2. The first-order valence-corrected chi connectivity index (χ1v) is 7.39. The fourth-order valence-electron chi connectivity index (χ4n) is 2.35. The van der Waals surface area contributed by atoms with Crippen LogP contribution in [0.1, 0.15) is 30.8 Å². The molecule has 11 heteroatoms. The van der Waals surface area contributed by atoms with Crippen LogP contribution in [0.3, 0.4) is 0 Å². The number of rotatable bonds is 4. The largest absolute Gasteiger partial charge is 0.387 e. The quantitative estimate of drug-likeness (QED) is 0.659. The molecule has 0 aliphatic carbocycles. The van der Waals surface area contributed by atoms with Gasteiger partial charge in [-0.25, -0.2) is 23.1 Å². The maximum Gasteiger partial charge on any atom is 0.323 e. The van der Waals surface area contributed by atoms with E-state index in [1.165, 1.54) is 19.2 Å². The molecule has 0 radical (unpaired) electrons. The summed E-state index contributed by atoms with van der Waals surface area (Å²) in [5, 5.41) is 18.3. The molecular weight excluding hydrogens is 353 g/mol. The van der Waals surface area contributed by atoms with Gasteiger partial charge in [0.1, 0.15) is 5.69 Å². The zero-order chi connectivity index (χ0) is 18.8. The number of alkyl halides is 2. The number of nitrogens with one attached hydrogen (secondary N) is 2. The highest BCUT2D eigenvalue weighted by atomic mass is 19.3. The predicted octanol–water partition coefficient (Wildman–Crippen LogP) is 2.90. The molecule has 0 spiro atoms. The van der Waals surface area contributed by atoms with Crippen LogP contribution in [0.25, 0.3) is 5.65 Å². The Morgan fingerprint density at radius 2 is 2.04 bits per heavy atom. The minimum absolute atomic E-state index is 0.0799. The van der Waals surface area contributed by atoms with Crippen molar-refractivity contribution < 1.29 is 23.1 Å². The highest BCUT2D eigenvalue weighted by Crippen LogP contribution is 2.24. The molecule has 0 fully saturated rings. The molecule has 0 bridgehead atoms. The van der Waals surface area contributed by atoms with Gasteiger partial charge in [-0.1, -0.05) is 0 Å². The van der Waals surface area contributed by atoms with Crippen LogP contribution in [0.15, 0.2) is 30.6 Å². The van der Waals surface area contributed by atoms with Gasteiger partial charge in [-0.3, -0.25) is 4.98 Å². The number of hydrogen-bond acceptors (Lipinski definition) is 5. The van der Waals surface area contributed by atoms with E-state index < -0.39 is 30.2 Å². The fraction of sp³-hybridized carbons (Fsp3) is 0.200. The Hall–Kier alpha value is -3.21. The molecule has 26 heavy (non-hydrogen) atoms. The molecule has 0 aliphatic rings. The monoisotopic (exact) mass is 366 g/mol. The number of halogens is 3. The lowest BCUT2D eigenvalue weighted by molar-refractivity contribution is 0.146. The summed E-state index contributed by atoms with van der Waals surface area (Å²) in [4.78, 5) is 19.6.